The molecule has 0 bridgehead atoms. The molecule has 2 rings (SSSR count). The summed E-state index contributed by atoms with van der Waals surface area (Å²) in [5, 5.41) is 11.6. The topological polar surface area (TPSA) is 81.6 Å². The van der Waals surface area contributed by atoms with Crippen LogP contribution in [0.3, 0.4) is 0 Å². The molecule has 1 heterocycles. The summed E-state index contributed by atoms with van der Waals surface area (Å²) in [6.45, 7) is 0. The van der Waals surface area contributed by atoms with Crippen molar-refractivity contribution in [1.29, 1.82) is 5.26 Å². The van der Waals surface area contributed by atoms with Crippen LogP contribution in [0.5, 0.6) is 0 Å². The lowest BCUT2D eigenvalue weighted by Gasteiger charge is -2.06. The fourth-order valence-electron chi connectivity index (χ4n) is 1.40. The van der Waals surface area contributed by atoms with Gasteiger partial charge in [-0.1, -0.05) is 12.1 Å². The van der Waals surface area contributed by atoms with Crippen molar-refractivity contribution < 1.29 is 0 Å². The Morgan fingerprint density at radius 1 is 1.39 bits per heavy atom. The zero-order chi connectivity index (χ0) is 13.0. The lowest BCUT2D eigenvalue weighted by molar-refractivity contribution is 1.10. The van der Waals surface area contributed by atoms with Crippen LogP contribution in [-0.4, -0.2) is 9.97 Å². The molecule has 0 aliphatic heterocycles. The number of nitriles is 1. The smallest absolute Gasteiger partial charge is 0.267 e. The van der Waals surface area contributed by atoms with Crippen molar-refractivity contribution in [2.45, 2.75) is 6.42 Å². The van der Waals surface area contributed by atoms with Gasteiger partial charge >= 0.3 is 0 Å². The molecule has 0 aliphatic carbocycles. The molecule has 90 valence electrons. The summed E-state index contributed by atoms with van der Waals surface area (Å²) in [7, 11) is 0. The summed E-state index contributed by atoms with van der Waals surface area (Å²) in [5.74, 6) is 0.451. The average molecular weight is 305 g/mol. The SMILES string of the molecule is N#CCc1ccc(Nc2nc[nH]c(=O)c2Br)cc1. The van der Waals surface area contributed by atoms with Crippen LogP contribution < -0.4 is 10.9 Å². The number of hydrogen-bond donors (Lipinski definition) is 2. The number of anilines is 2. The molecule has 0 atom stereocenters. The van der Waals surface area contributed by atoms with E-state index < -0.39 is 0 Å². The molecule has 1 aromatic carbocycles. The van der Waals surface area contributed by atoms with Crippen LogP contribution in [0, 0.1) is 11.3 Å². The lowest BCUT2D eigenvalue weighted by Crippen LogP contribution is -2.09. The molecule has 18 heavy (non-hydrogen) atoms. The third-order valence-electron chi connectivity index (χ3n) is 2.30. The molecule has 0 unspecified atom stereocenters. The number of hydrogen-bond acceptors (Lipinski definition) is 4. The van der Waals surface area contributed by atoms with Crippen LogP contribution in [0.15, 0.2) is 39.9 Å². The van der Waals surface area contributed by atoms with Gasteiger partial charge in [0.1, 0.15) is 4.47 Å². The maximum Gasteiger partial charge on any atom is 0.267 e. The number of rotatable bonds is 3. The summed E-state index contributed by atoms with van der Waals surface area (Å²) >= 11 is 3.17. The number of benzene rings is 1. The lowest BCUT2D eigenvalue weighted by atomic mass is 10.1. The molecule has 0 saturated heterocycles. The van der Waals surface area contributed by atoms with E-state index in [1.807, 2.05) is 24.3 Å². The molecule has 2 aromatic rings. The summed E-state index contributed by atoms with van der Waals surface area (Å²) < 4.78 is 0.353. The van der Waals surface area contributed by atoms with E-state index >= 15 is 0 Å². The van der Waals surface area contributed by atoms with Crippen molar-refractivity contribution in [2.75, 3.05) is 5.32 Å². The van der Waals surface area contributed by atoms with Gasteiger partial charge in [0.15, 0.2) is 5.82 Å². The van der Waals surface area contributed by atoms with E-state index in [1.165, 1.54) is 6.33 Å². The number of nitrogens with one attached hydrogen (secondary N) is 2. The van der Waals surface area contributed by atoms with Gasteiger partial charge < -0.3 is 10.3 Å². The zero-order valence-electron chi connectivity index (χ0n) is 9.27. The van der Waals surface area contributed by atoms with E-state index in [4.69, 9.17) is 5.26 Å². The van der Waals surface area contributed by atoms with Gasteiger partial charge in [-0.15, -0.1) is 0 Å². The van der Waals surface area contributed by atoms with Gasteiger partial charge in [-0.25, -0.2) is 4.98 Å². The van der Waals surface area contributed by atoms with Gasteiger partial charge in [0.05, 0.1) is 18.8 Å². The first kappa shape index (κ1) is 12.3. The van der Waals surface area contributed by atoms with Crippen LogP contribution in [-0.2, 0) is 6.42 Å². The third-order valence-corrected chi connectivity index (χ3v) is 3.03. The summed E-state index contributed by atoms with van der Waals surface area (Å²) in [4.78, 5) is 17.8. The first-order chi connectivity index (χ1) is 8.70. The van der Waals surface area contributed by atoms with Gasteiger partial charge in [0.2, 0.25) is 0 Å². The van der Waals surface area contributed by atoms with E-state index in [0.29, 0.717) is 16.7 Å². The normalized spacial score (nSPS) is 9.78. The van der Waals surface area contributed by atoms with Crippen molar-refractivity contribution in [3.05, 3.63) is 51.0 Å². The molecule has 1 aromatic heterocycles. The second-order valence-electron chi connectivity index (χ2n) is 3.55. The summed E-state index contributed by atoms with van der Waals surface area (Å²) in [5.41, 5.74) is 1.50. The van der Waals surface area contributed by atoms with Gasteiger partial charge in [-0.2, -0.15) is 5.26 Å². The quantitative estimate of drug-likeness (QED) is 0.912. The second kappa shape index (κ2) is 5.47. The van der Waals surface area contributed by atoms with Crippen molar-refractivity contribution >= 4 is 27.4 Å². The number of aromatic nitrogens is 2. The molecule has 0 amide bonds. The molecule has 0 saturated carbocycles. The Balaban J connectivity index is 2.21. The van der Waals surface area contributed by atoms with E-state index in [0.717, 1.165) is 11.3 Å². The molecule has 0 fully saturated rings. The highest BCUT2D eigenvalue weighted by Crippen LogP contribution is 2.19. The highest BCUT2D eigenvalue weighted by molar-refractivity contribution is 9.10. The number of halogens is 1. The minimum Gasteiger partial charge on any atom is -0.339 e. The summed E-state index contributed by atoms with van der Waals surface area (Å²) in [6.07, 6.45) is 1.71. The highest BCUT2D eigenvalue weighted by atomic mass is 79.9. The Labute approximate surface area is 112 Å². The molecule has 0 aliphatic rings. The predicted molar refractivity (Wildman–Crippen MR) is 71.6 cm³/mol. The van der Waals surface area contributed by atoms with Crippen LogP contribution in [0.25, 0.3) is 0 Å². The predicted octanol–water partition coefficient (Wildman–Crippen LogP) is 2.34. The molecule has 0 spiro atoms. The Kier molecular flexibility index (Phi) is 3.75. The Bertz CT molecular complexity index is 642. The fraction of sp³-hybridized carbons (Fsp3) is 0.0833. The Morgan fingerprint density at radius 2 is 2.11 bits per heavy atom. The molecule has 2 N–H and O–H groups in total. The Hall–Kier alpha value is -2.13. The number of nitrogens with zero attached hydrogens (tertiary/aromatic N) is 2. The fourth-order valence-corrected chi connectivity index (χ4v) is 1.72. The molecule has 0 radical (unpaired) electrons. The first-order valence-corrected chi connectivity index (χ1v) is 5.96. The molecular weight excluding hydrogens is 296 g/mol. The molecule has 5 nitrogen and oxygen atoms in total. The summed E-state index contributed by atoms with van der Waals surface area (Å²) in [6, 6.07) is 9.46. The second-order valence-corrected chi connectivity index (χ2v) is 4.34. The monoisotopic (exact) mass is 304 g/mol. The van der Waals surface area contributed by atoms with Crippen LogP contribution in [0.2, 0.25) is 0 Å². The van der Waals surface area contributed by atoms with Gasteiger partial charge in [-0.3, -0.25) is 4.79 Å². The van der Waals surface area contributed by atoms with Crippen molar-refractivity contribution in [2.24, 2.45) is 0 Å². The standard InChI is InChI=1S/C12H9BrN4O/c13-10-11(15-7-16-12(10)18)17-9-3-1-8(2-4-9)5-6-14/h1-4,7H,5H2,(H2,15,16,17,18). The van der Waals surface area contributed by atoms with E-state index in [-0.39, 0.29) is 5.56 Å². The number of aromatic amines is 1. The maximum atomic E-state index is 11.4. The molecular formula is C12H9BrN4O. The highest BCUT2D eigenvalue weighted by Gasteiger charge is 2.05. The first-order valence-electron chi connectivity index (χ1n) is 5.17. The average Bonchev–Trinajstić information content (AvgIpc) is 2.38. The molecule has 6 heteroatoms. The zero-order valence-corrected chi connectivity index (χ0v) is 10.9. The van der Waals surface area contributed by atoms with E-state index in [9.17, 15) is 4.79 Å². The minimum atomic E-state index is -0.242. The van der Waals surface area contributed by atoms with Crippen molar-refractivity contribution in [3.63, 3.8) is 0 Å². The van der Waals surface area contributed by atoms with Gasteiger partial charge in [0.25, 0.3) is 5.56 Å². The number of H-pyrrole nitrogens is 1. The Morgan fingerprint density at radius 3 is 2.78 bits per heavy atom. The van der Waals surface area contributed by atoms with E-state index in [2.05, 4.69) is 37.3 Å². The van der Waals surface area contributed by atoms with Gasteiger partial charge in [0, 0.05) is 5.69 Å². The minimum absolute atomic E-state index is 0.242. The van der Waals surface area contributed by atoms with Crippen molar-refractivity contribution in [1.82, 2.24) is 9.97 Å². The van der Waals surface area contributed by atoms with E-state index in [1.54, 1.807) is 0 Å². The van der Waals surface area contributed by atoms with Crippen LogP contribution in [0.1, 0.15) is 5.56 Å². The van der Waals surface area contributed by atoms with Crippen LogP contribution in [0.4, 0.5) is 11.5 Å². The van der Waals surface area contributed by atoms with Crippen LogP contribution >= 0.6 is 15.9 Å². The maximum absolute atomic E-state index is 11.4. The van der Waals surface area contributed by atoms with Crippen molar-refractivity contribution in [3.8, 4) is 6.07 Å². The largest absolute Gasteiger partial charge is 0.339 e. The third kappa shape index (κ3) is 2.76. The van der Waals surface area contributed by atoms with Gasteiger partial charge in [-0.05, 0) is 33.6 Å².